The molecule has 122 valence electrons. The molecule has 24 heavy (non-hydrogen) atoms. The Morgan fingerprint density at radius 3 is 2.29 bits per heavy atom. The van der Waals surface area contributed by atoms with E-state index in [9.17, 15) is 9.59 Å². The van der Waals surface area contributed by atoms with E-state index in [0.717, 1.165) is 0 Å². The van der Waals surface area contributed by atoms with Crippen LogP contribution >= 0.6 is 0 Å². The summed E-state index contributed by atoms with van der Waals surface area (Å²) in [5.74, 6) is 0.0480. The summed E-state index contributed by atoms with van der Waals surface area (Å²) >= 11 is 0. The Bertz CT molecular complexity index is 852. The van der Waals surface area contributed by atoms with Gasteiger partial charge in [-0.15, -0.1) is 0 Å². The van der Waals surface area contributed by atoms with Gasteiger partial charge in [-0.05, 0) is 36.4 Å². The van der Waals surface area contributed by atoms with Crippen LogP contribution in [0.25, 0.3) is 0 Å². The van der Waals surface area contributed by atoms with Crippen LogP contribution in [-0.2, 0) is 9.57 Å². The number of hydrogen-bond acceptors (Lipinski definition) is 5. The minimum Gasteiger partial charge on any atom is -0.497 e. The lowest BCUT2D eigenvalue weighted by Crippen LogP contribution is -2.19. The van der Waals surface area contributed by atoms with E-state index in [1.54, 1.807) is 49.6 Å². The quantitative estimate of drug-likeness (QED) is 0.637. The number of Topliss-reactive ketones (excluding diaryl/α,β-unsaturated/α-hetero) is 1. The topological polar surface area (TPSA) is 64.8 Å². The molecule has 0 fully saturated rings. The van der Waals surface area contributed by atoms with Crippen molar-refractivity contribution in [2.24, 2.45) is 0 Å². The second-order valence-corrected chi connectivity index (χ2v) is 5.11. The van der Waals surface area contributed by atoms with Crippen LogP contribution in [0.3, 0.4) is 0 Å². The first-order valence-corrected chi connectivity index (χ1v) is 7.23. The molecule has 1 heterocycles. The van der Waals surface area contributed by atoms with Crippen molar-refractivity contribution in [2.45, 2.75) is 0 Å². The number of ether oxygens (including phenoxy) is 2. The average Bonchev–Trinajstić information content (AvgIpc) is 2.92. The summed E-state index contributed by atoms with van der Waals surface area (Å²) in [5, 5.41) is 0. The number of hydrogen-bond donors (Lipinski definition) is 0. The van der Waals surface area contributed by atoms with Crippen LogP contribution in [0.5, 0.6) is 5.75 Å². The van der Waals surface area contributed by atoms with Gasteiger partial charge in [0.05, 0.1) is 25.3 Å². The van der Waals surface area contributed by atoms with Crippen molar-refractivity contribution in [3.05, 3.63) is 59.2 Å². The number of benzene rings is 2. The molecule has 6 nitrogen and oxygen atoms in total. The van der Waals surface area contributed by atoms with Crippen molar-refractivity contribution in [3.63, 3.8) is 0 Å². The van der Waals surface area contributed by atoms with Gasteiger partial charge >= 0.3 is 11.7 Å². The van der Waals surface area contributed by atoms with Crippen molar-refractivity contribution < 1.29 is 28.6 Å². The zero-order chi connectivity index (χ0) is 17.3. The molecule has 0 bridgehead atoms. The molecule has 2 aromatic rings. The number of ketones is 1. The van der Waals surface area contributed by atoms with Crippen molar-refractivity contribution in [2.75, 3.05) is 21.3 Å². The van der Waals surface area contributed by atoms with Crippen LogP contribution in [0.15, 0.2) is 42.5 Å². The zero-order valence-electron chi connectivity index (χ0n) is 13.5. The van der Waals surface area contributed by atoms with E-state index in [1.165, 1.54) is 19.0 Å². The molecule has 0 atom stereocenters. The zero-order valence-corrected chi connectivity index (χ0v) is 13.5. The predicted octanol–water partition coefficient (Wildman–Crippen LogP) is 2.37. The highest BCUT2D eigenvalue weighted by molar-refractivity contribution is 6.52. The molecule has 0 saturated heterocycles. The molecule has 0 saturated carbocycles. The molecule has 3 rings (SSSR count). The molecule has 0 spiro atoms. The van der Waals surface area contributed by atoms with E-state index < -0.39 is 5.97 Å². The van der Waals surface area contributed by atoms with Gasteiger partial charge in [-0.2, -0.15) is 0 Å². The number of carbonyl (C=O) groups excluding carboxylic acids is 2. The fourth-order valence-electron chi connectivity index (χ4n) is 2.66. The maximum Gasteiger partial charge on any atom is 0.338 e. The van der Waals surface area contributed by atoms with Gasteiger partial charge in [-0.25, -0.2) is 4.79 Å². The van der Waals surface area contributed by atoms with E-state index in [1.807, 2.05) is 0 Å². The minimum absolute atomic E-state index is 0.173. The predicted molar refractivity (Wildman–Crippen MR) is 86.1 cm³/mol. The second kappa shape index (κ2) is 6.16. The standard InChI is InChI=1S/C18H16NO5/c1-22-13-7-4-11(5-8-13)16-17(20)14-9-6-12(18(21)23-2)10-15(14)19(16)24-3/h4-10H,1-3H3/q+1. The third kappa shape index (κ3) is 2.42. The largest absolute Gasteiger partial charge is 0.497 e. The first kappa shape index (κ1) is 15.7. The SMILES string of the molecule is COC(=O)c1ccc2c(c1)[N+](OC)=C(c1ccc(OC)cc1)C2=O. The molecular weight excluding hydrogens is 310 g/mol. The first-order chi connectivity index (χ1) is 11.6. The van der Waals surface area contributed by atoms with E-state index in [2.05, 4.69) is 0 Å². The minimum atomic E-state index is -0.473. The van der Waals surface area contributed by atoms with Crippen LogP contribution in [0.2, 0.25) is 0 Å². The molecule has 6 heteroatoms. The Labute approximate surface area is 138 Å². The van der Waals surface area contributed by atoms with Crippen molar-refractivity contribution in [1.82, 2.24) is 0 Å². The molecule has 0 aromatic heterocycles. The number of fused-ring (bicyclic) bond motifs is 1. The van der Waals surface area contributed by atoms with Gasteiger partial charge < -0.3 is 9.47 Å². The average molecular weight is 326 g/mol. The van der Waals surface area contributed by atoms with Gasteiger partial charge in [0.2, 0.25) is 0 Å². The van der Waals surface area contributed by atoms with Crippen molar-refractivity contribution in [1.29, 1.82) is 0 Å². The molecule has 1 aliphatic heterocycles. The summed E-state index contributed by atoms with van der Waals surface area (Å²) < 4.78 is 11.3. The van der Waals surface area contributed by atoms with Gasteiger partial charge in [-0.1, -0.05) is 0 Å². The maximum absolute atomic E-state index is 12.8. The molecule has 2 aromatic carbocycles. The fraction of sp³-hybridized carbons (Fsp3) is 0.167. The highest BCUT2D eigenvalue weighted by Crippen LogP contribution is 2.30. The van der Waals surface area contributed by atoms with Gasteiger partial charge in [0.15, 0.2) is 0 Å². The molecule has 0 unspecified atom stereocenters. The summed E-state index contributed by atoms with van der Waals surface area (Å²) in [4.78, 5) is 29.9. The number of methoxy groups -OCH3 is 2. The third-order valence-electron chi connectivity index (χ3n) is 3.85. The molecule has 0 radical (unpaired) electrons. The van der Waals surface area contributed by atoms with E-state index >= 15 is 0 Å². The molecule has 0 amide bonds. The van der Waals surface area contributed by atoms with Crippen LogP contribution in [0.4, 0.5) is 5.69 Å². The van der Waals surface area contributed by atoms with Gasteiger partial charge in [-0.3, -0.25) is 9.63 Å². The highest BCUT2D eigenvalue weighted by Gasteiger charge is 2.42. The highest BCUT2D eigenvalue weighted by atomic mass is 16.7. The monoisotopic (exact) mass is 326 g/mol. The van der Waals surface area contributed by atoms with Crippen molar-refractivity contribution in [3.8, 4) is 5.75 Å². The Balaban J connectivity index is 2.13. The van der Waals surface area contributed by atoms with Gasteiger partial charge in [0, 0.05) is 10.8 Å². The number of esters is 1. The molecule has 0 N–H and O–H groups in total. The Kier molecular flexibility index (Phi) is 4.04. The van der Waals surface area contributed by atoms with Crippen LogP contribution in [0.1, 0.15) is 26.3 Å². The van der Waals surface area contributed by atoms with Gasteiger partial charge in [0.25, 0.3) is 11.5 Å². The molecular formula is C18H16NO5+. The first-order valence-electron chi connectivity index (χ1n) is 7.23. The smallest absolute Gasteiger partial charge is 0.338 e. The second-order valence-electron chi connectivity index (χ2n) is 5.11. The fourth-order valence-corrected chi connectivity index (χ4v) is 2.66. The molecule has 0 aliphatic carbocycles. The number of carbonyl (C=O) groups is 2. The summed E-state index contributed by atoms with van der Waals surface area (Å²) in [7, 11) is 4.36. The lowest BCUT2D eigenvalue weighted by molar-refractivity contribution is -0.717. The van der Waals surface area contributed by atoms with Crippen LogP contribution in [0, 0.1) is 0 Å². The Morgan fingerprint density at radius 1 is 1.00 bits per heavy atom. The van der Waals surface area contributed by atoms with E-state index in [0.29, 0.717) is 33.8 Å². The number of nitrogens with zero attached hydrogens (tertiary/aromatic N) is 1. The Hall–Kier alpha value is -3.15. The van der Waals surface area contributed by atoms with Crippen molar-refractivity contribution >= 4 is 23.2 Å². The summed E-state index contributed by atoms with van der Waals surface area (Å²) in [5.41, 5.74) is 2.41. The summed E-state index contributed by atoms with van der Waals surface area (Å²) in [6, 6.07) is 11.9. The van der Waals surface area contributed by atoms with Gasteiger partial charge in [0.1, 0.15) is 18.4 Å². The normalized spacial score (nSPS) is 12.9. The summed E-state index contributed by atoms with van der Waals surface area (Å²) in [6.07, 6.45) is 0. The Morgan fingerprint density at radius 2 is 1.71 bits per heavy atom. The van der Waals surface area contributed by atoms with Crippen LogP contribution < -0.4 is 4.74 Å². The van der Waals surface area contributed by atoms with E-state index in [-0.39, 0.29) is 5.78 Å². The summed E-state index contributed by atoms with van der Waals surface area (Å²) in [6.45, 7) is 0. The maximum atomic E-state index is 12.8. The van der Waals surface area contributed by atoms with E-state index in [4.69, 9.17) is 14.3 Å². The van der Waals surface area contributed by atoms with Crippen LogP contribution in [-0.4, -0.2) is 43.5 Å². The lowest BCUT2D eigenvalue weighted by Gasteiger charge is -2.01. The third-order valence-corrected chi connectivity index (χ3v) is 3.85. The number of rotatable bonds is 4. The molecule has 1 aliphatic rings. The lowest BCUT2D eigenvalue weighted by atomic mass is 10.0.